The zero-order valence-corrected chi connectivity index (χ0v) is 20.8. The fourth-order valence-electron chi connectivity index (χ4n) is 4.87. The van der Waals surface area contributed by atoms with Crippen molar-refractivity contribution in [1.82, 2.24) is 10.3 Å². The molecule has 1 aromatic heterocycles. The number of hydrogen-bond donors (Lipinski definition) is 1. The first kappa shape index (κ1) is 23.4. The molecule has 180 valence electrons. The molecular formula is C29H31N3O2S. The van der Waals surface area contributed by atoms with E-state index in [1.165, 1.54) is 11.1 Å². The molecule has 5 nitrogen and oxygen atoms in total. The van der Waals surface area contributed by atoms with E-state index in [-0.39, 0.29) is 17.7 Å². The van der Waals surface area contributed by atoms with Gasteiger partial charge in [-0.1, -0.05) is 72.0 Å². The van der Waals surface area contributed by atoms with E-state index in [4.69, 9.17) is 9.72 Å². The molecule has 1 N–H and O–H groups in total. The Labute approximate surface area is 210 Å². The molecule has 5 rings (SSSR count). The van der Waals surface area contributed by atoms with Crippen LogP contribution in [0.3, 0.4) is 0 Å². The van der Waals surface area contributed by atoms with Crippen molar-refractivity contribution in [2.75, 3.05) is 31.6 Å². The quantitative estimate of drug-likeness (QED) is 0.340. The fourth-order valence-corrected chi connectivity index (χ4v) is 5.91. The normalized spacial score (nSPS) is 14.4. The largest absolute Gasteiger partial charge is 0.497 e. The van der Waals surface area contributed by atoms with Gasteiger partial charge in [0, 0.05) is 31.5 Å². The summed E-state index contributed by atoms with van der Waals surface area (Å²) in [5, 5.41) is 4.26. The molecule has 2 heterocycles. The molecule has 1 aliphatic heterocycles. The molecule has 0 aliphatic carbocycles. The maximum Gasteiger partial charge on any atom is 0.223 e. The number of methoxy groups -OCH3 is 1. The standard InChI is InChI=1S/C29H31N3O2S/c1-34-24-12-13-26-27(20-24)35-29(31-26)32-18-15-23(16-19-32)28(33)30-17-14-25(21-8-4-2-5-9-21)22-10-6-3-7-11-22/h2-13,20,23,25H,14-19H2,1H3,(H,30,33). The van der Waals surface area contributed by atoms with E-state index in [9.17, 15) is 4.79 Å². The third-order valence-corrected chi connectivity index (χ3v) is 7.94. The summed E-state index contributed by atoms with van der Waals surface area (Å²) in [5.74, 6) is 1.37. The number of ether oxygens (including phenoxy) is 1. The van der Waals surface area contributed by atoms with Gasteiger partial charge in [0.2, 0.25) is 5.91 Å². The van der Waals surface area contributed by atoms with Crippen LogP contribution >= 0.6 is 11.3 Å². The second kappa shape index (κ2) is 10.9. The number of nitrogens with zero attached hydrogens (tertiary/aromatic N) is 2. The second-order valence-electron chi connectivity index (χ2n) is 9.05. The molecule has 1 fully saturated rings. The van der Waals surface area contributed by atoms with Crippen LogP contribution < -0.4 is 15.0 Å². The molecule has 3 aromatic carbocycles. The summed E-state index contributed by atoms with van der Waals surface area (Å²) < 4.78 is 6.47. The van der Waals surface area contributed by atoms with Crippen LogP contribution in [0, 0.1) is 5.92 Å². The molecule has 35 heavy (non-hydrogen) atoms. The lowest BCUT2D eigenvalue weighted by atomic mass is 9.88. The molecule has 0 unspecified atom stereocenters. The smallest absolute Gasteiger partial charge is 0.223 e. The Bertz CT molecular complexity index is 1210. The predicted octanol–water partition coefficient (Wildman–Crippen LogP) is 5.86. The van der Waals surface area contributed by atoms with Gasteiger partial charge in [-0.3, -0.25) is 4.79 Å². The van der Waals surface area contributed by atoms with Gasteiger partial charge in [-0.25, -0.2) is 4.98 Å². The van der Waals surface area contributed by atoms with Crippen LogP contribution in [0.1, 0.15) is 36.3 Å². The van der Waals surface area contributed by atoms with Gasteiger partial charge in [0.15, 0.2) is 5.13 Å². The topological polar surface area (TPSA) is 54.5 Å². The molecule has 0 atom stereocenters. The number of aromatic nitrogens is 1. The molecule has 4 aromatic rings. The molecule has 1 saturated heterocycles. The van der Waals surface area contributed by atoms with E-state index in [1.807, 2.05) is 30.3 Å². The van der Waals surface area contributed by atoms with E-state index in [2.05, 4.69) is 58.7 Å². The lowest BCUT2D eigenvalue weighted by molar-refractivity contribution is -0.125. The highest BCUT2D eigenvalue weighted by Gasteiger charge is 2.26. The summed E-state index contributed by atoms with van der Waals surface area (Å²) in [6.07, 6.45) is 2.59. The van der Waals surface area contributed by atoms with Crippen molar-refractivity contribution in [3.63, 3.8) is 0 Å². The number of piperidine rings is 1. The highest BCUT2D eigenvalue weighted by Crippen LogP contribution is 2.33. The average Bonchev–Trinajstić information content (AvgIpc) is 3.35. The maximum atomic E-state index is 13.0. The van der Waals surface area contributed by atoms with Crippen LogP contribution in [0.15, 0.2) is 78.9 Å². The lowest BCUT2D eigenvalue weighted by Gasteiger charge is -2.31. The van der Waals surface area contributed by atoms with E-state index >= 15 is 0 Å². The Hall–Kier alpha value is -3.38. The summed E-state index contributed by atoms with van der Waals surface area (Å²) in [6.45, 7) is 2.38. The van der Waals surface area contributed by atoms with Crippen LogP contribution in [0.2, 0.25) is 0 Å². The minimum absolute atomic E-state index is 0.0626. The van der Waals surface area contributed by atoms with E-state index in [0.29, 0.717) is 6.54 Å². The first-order valence-corrected chi connectivity index (χ1v) is 13.1. The van der Waals surface area contributed by atoms with Crippen molar-refractivity contribution in [2.24, 2.45) is 5.92 Å². The molecule has 0 saturated carbocycles. The number of benzene rings is 3. The number of nitrogens with one attached hydrogen (secondary N) is 1. The highest BCUT2D eigenvalue weighted by atomic mass is 32.1. The van der Waals surface area contributed by atoms with Crippen LogP contribution in [-0.4, -0.2) is 37.6 Å². The van der Waals surface area contributed by atoms with Crippen molar-refractivity contribution in [1.29, 1.82) is 0 Å². The van der Waals surface area contributed by atoms with Crippen LogP contribution in [0.25, 0.3) is 10.2 Å². The van der Waals surface area contributed by atoms with Crippen molar-refractivity contribution in [3.8, 4) is 5.75 Å². The summed E-state index contributed by atoms with van der Waals surface area (Å²) in [7, 11) is 1.68. The summed E-state index contributed by atoms with van der Waals surface area (Å²) in [5.41, 5.74) is 3.57. The van der Waals surface area contributed by atoms with Gasteiger partial charge in [0.1, 0.15) is 5.75 Å². The van der Waals surface area contributed by atoms with E-state index in [0.717, 1.165) is 53.4 Å². The van der Waals surface area contributed by atoms with Crippen LogP contribution in [-0.2, 0) is 4.79 Å². The monoisotopic (exact) mass is 485 g/mol. The third-order valence-electron chi connectivity index (χ3n) is 6.86. The number of carbonyl (C=O) groups excluding carboxylic acids is 1. The van der Waals surface area contributed by atoms with Gasteiger partial charge < -0.3 is 15.0 Å². The fraction of sp³-hybridized carbons (Fsp3) is 0.310. The Morgan fingerprint density at radius 1 is 1.03 bits per heavy atom. The van der Waals surface area contributed by atoms with Crippen molar-refractivity contribution >= 4 is 32.6 Å². The van der Waals surface area contributed by atoms with Gasteiger partial charge >= 0.3 is 0 Å². The zero-order chi connectivity index (χ0) is 24.0. The second-order valence-corrected chi connectivity index (χ2v) is 10.1. The maximum absolute atomic E-state index is 13.0. The van der Waals surface area contributed by atoms with Gasteiger partial charge in [0.25, 0.3) is 0 Å². The minimum Gasteiger partial charge on any atom is -0.497 e. The molecule has 1 amide bonds. The molecular weight excluding hydrogens is 454 g/mol. The predicted molar refractivity (Wildman–Crippen MR) is 143 cm³/mol. The Kier molecular flexibility index (Phi) is 7.28. The van der Waals surface area contributed by atoms with Gasteiger partial charge in [-0.2, -0.15) is 0 Å². The lowest BCUT2D eigenvalue weighted by Crippen LogP contribution is -2.41. The number of thiazole rings is 1. The van der Waals surface area contributed by atoms with E-state index in [1.54, 1.807) is 18.4 Å². The van der Waals surface area contributed by atoms with Crippen LogP contribution in [0.5, 0.6) is 5.75 Å². The first-order valence-electron chi connectivity index (χ1n) is 12.3. The van der Waals surface area contributed by atoms with Crippen molar-refractivity contribution in [3.05, 3.63) is 90.0 Å². The summed E-state index contributed by atoms with van der Waals surface area (Å²) >= 11 is 1.69. The Morgan fingerprint density at radius 2 is 1.69 bits per heavy atom. The molecule has 0 radical (unpaired) electrons. The highest BCUT2D eigenvalue weighted by molar-refractivity contribution is 7.22. The number of fused-ring (bicyclic) bond motifs is 1. The van der Waals surface area contributed by atoms with Gasteiger partial charge in [0.05, 0.1) is 17.3 Å². The molecule has 1 aliphatic rings. The van der Waals surface area contributed by atoms with Crippen molar-refractivity contribution < 1.29 is 9.53 Å². The Morgan fingerprint density at radius 3 is 2.31 bits per heavy atom. The zero-order valence-electron chi connectivity index (χ0n) is 20.0. The number of carbonyl (C=O) groups is 1. The number of amides is 1. The molecule has 0 bridgehead atoms. The molecule has 6 heteroatoms. The number of anilines is 1. The van der Waals surface area contributed by atoms with Crippen LogP contribution in [0.4, 0.5) is 5.13 Å². The Balaban J connectivity index is 1.15. The summed E-state index contributed by atoms with van der Waals surface area (Å²) in [6, 6.07) is 27.1. The van der Waals surface area contributed by atoms with Gasteiger partial charge in [-0.15, -0.1) is 0 Å². The summed E-state index contributed by atoms with van der Waals surface area (Å²) in [4.78, 5) is 20.1. The third kappa shape index (κ3) is 5.49. The van der Waals surface area contributed by atoms with E-state index < -0.39 is 0 Å². The number of hydrogen-bond acceptors (Lipinski definition) is 5. The SMILES string of the molecule is COc1ccc2nc(N3CCC(C(=O)NCCC(c4ccccc4)c4ccccc4)CC3)sc2c1. The van der Waals surface area contributed by atoms with Gasteiger partial charge in [-0.05, 0) is 48.6 Å². The minimum atomic E-state index is 0.0626. The molecule has 0 spiro atoms. The number of rotatable bonds is 8. The first-order chi connectivity index (χ1) is 17.2. The van der Waals surface area contributed by atoms with Crippen molar-refractivity contribution in [2.45, 2.75) is 25.2 Å². The average molecular weight is 486 g/mol.